The number of nitrogens with one attached hydrogen (secondary N) is 2. The third-order valence-corrected chi connectivity index (χ3v) is 4.40. The maximum Gasteiger partial charge on any atom is 0.191 e. The lowest BCUT2D eigenvalue weighted by Gasteiger charge is -2.33. The van der Waals surface area contributed by atoms with Crippen LogP contribution in [0, 0.1) is 0 Å². The molecule has 0 saturated carbocycles. The van der Waals surface area contributed by atoms with Crippen LogP contribution in [0.4, 0.5) is 0 Å². The first-order valence-corrected chi connectivity index (χ1v) is 8.52. The van der Waals surface area contributed by atoms with E-state index in [1.807, 2.05) is 7.05 Å². The minimum absolute atomic E-state index is 0. The normalized spacial score (nSPS) is 19.0. The van der Waals surface area contributed by atoms with Gasteiger partial charge in [0.25, 0.3) is 0 Å². The molecule has 1 aromatic carbocycles. The summed E-state index contributed by atoms with van der Waals surface area (Å²) in [6.45, 7) is 6.54. The minimum atomic E-state index is 0. The van der Waals surface area contributed by atoms with E-state index in [9.17, 15) is 0 Å². The van der Waals surface area contributed by atoms with Gasteiger partial charge in [0.2, 0.25) is 0 Å². The van der Waals surface area contributed by atoms with Crippen LogP contribution in [0.15, 0.2) is 35.3 Å². The van der Waals surface area contributed by atoms with Gasteiger partial charge in [0, 0.05) is 32.7 Å². The third kappa shape index (κ3) is 7.52. The summed E-state index contributed by atoms with van der Waals surface area (Å²) < 4.78 is 0. The molecule has 5 heteroatoms. The van der Waals surface area contributed by atoms with Crippen molar-refractivity contribution in [1.29, 1.82) is 0 Å². The Morgan fingerprint density at radius 1 is 1.17 bits per heavy atom. The van der Waals surface area contributed by atoms with E-state index in [2.05, 4.69) is 57.8 Å². The molecule has 1 aliphatic heterocycles. The highest BCUT2D eigenvalue weighted by atomic mass is 127. The van der Waals surface area contributed by atoms with Gasteiger partial charge < -0.3 is 10.6 Å². The number of hydrogen-bond acceptors (Lipinski definition) is 2. The number of benzene rings is 1. The lowest BCUT2D eigenvalue weighted by atomic mass is 10.0. The van der Waals surface area contributed by atoms with E-state index in [0.29, 0.717) is 0 Å². The first-order valence-electron chi connectivity index (χ1n) is 8.52. The van der Waals surface area contributed by atoms with Crippen molar-refractivity contribution in [3.05, 3.63) is 35.9 Å². The SMILES string of the molecule is CN=C(NCCc1ccccc1)NCCN1CCCCC1C.I. The van der Waals surface area contributed by atoms with Crippen molar-refractivity contribution in [3.8, 4) is 0 Å². The van der Waals surface area contributed by atoms with Gasteiger partial charge >= 0.3 is 0 Å². The summed E-state index contributed by atoms with van der Waals surface area (Å²) in [7, 11) is 1.83. The Balaban J connectivity index is 0.00000264. The molecule has 4 nitrogen and oxygen atoms in total. The molecule has 1 aromatic rings. The molecular weight excluding hydrogens is 399 g/mol. The van der Waals surface area contributed by atoms with Crippen LogP contribution in [0.25, 0.3) is 0 Å². The maximum absolute atomic E-state index is 4.30. The molecule has 0 aromatic heterocycles. The summed E-state index contributed by atoms with van der Waals surface area (Å²) >= 11 is 0. The largest absolute Gasteiger partial charge is 0.356 e. The lowest BCUT2D eigenvalue weighted by molar-refractivity contribution is 0.163. The number of guanidine groups is 1. The van der Waals surface area contributed by atoms with Crippen LogP contribution in [0.1, 0.15) is 31.7 Å². The number of nitrogens with zero attached hydrogens (tertiary/aromatic N) is 2. The van der Waals surface area contributed by atoms with Crippen molar-refractivity contribution in [2.75, 3.05) is 33.2 Å². The van der Waals surface area contributed by atoms with Gasteiger partial charge in [0.15, 0.2) is 5.96 Å². The Hall–Kier alpha value is -0.820. The molecule has 23 heavy (non-hydrogen) atoms. The second-order valence-electron chi connectivity index (χ2n) is 6.04. The summed E-state index contributed by atoms with van der Waals surface area (Å²) in [4.78, 5) is 6.87. The molecule has 2 rings (SSSR count). The molecule has 1 aliphatic rings. The molecule has 130 valence electrons. The number of rotatable bonds is 6. The Bertz CT molecular complexity index is 450. The average molecular weight is 430 g/mol. The van der Waals surface area contributed by atoms with Gasteiger partial charge in [-0.2, -0.15) is 0 Å². The molecule has 1 fully saturated rings. The summed E-state index contributed by atoms with van der Waals surface area (Å²) in [6.07, 6.45) is 5.08. The molecule has 2 N–H and O–H groups in total. The molecule has 0 amide bonds. The molecule has 0 spiro atoms. The second kappa shape index (κ2) is 11.7. The number of hydrogen-bond donors (Lipinski definition) is 2. The summed E-state index contributed by atoms with van der Waals surface area (Å²) in [6, 6.07) is 11.3. The number of piperidine rings is 1. The zero-order chi connectivity index (χ0) is 15.6. The van der Waals surface area contributed by atoms with Gasteiger partial charge in [-0.15, -0.1) is 24.0 Å². The predicted molar refractivity (Wildman–Crippen MR) is 110 cm³/mol. The maximum atomic E-state index is 4.30. The minimum Gasteiger partial charge on any atom is -0.356 e. The Kier molecular flexibility index (Phi) is 10.3. The smallest absolute Gasteiger partial charge is 0.191 e. The molecular formula is C18H31IN4. The molecule has 0 bridgehead atoms. The van der Waals surface area contributed by atoms with E-state index in [1.54, 1.807) is 0 Å². The van der Waals surface area contributed by atoms with Gasteiger partial charge in [0.05, 0.1) is 0 Å². The number of likely N-dealkylation sites (tertiary alicyclic amines) is 1. The average Bonchev–Trinajstić information content (AvgIpc) is 2.56. The lowest BCUT2D eigenvalue weighted by Crippen LogP contribution is -2.45. The van der Waals surface area contributed by atoms with Crippen LogP contribution in [-0.4, -0.2) is 50.1 Å². The second-order valence-corrected chi connectivity index (χ2v) is 6.04. The summed E-state index contributed by atoms with van der Waals surface area (Å²) in [5, 5.41) is 6.81. The molecule has 1 unspecified atom stereocenters. The van der Waals surface area contributed by atoms with Crippen molar-refractivity contribution < 1.29 is 0 Å². The third-order valence-electron chi connectivity index (χ3n) is 4.40. The first-order chi connectivity index (χ1) is 10.8. The van der Waals surface area contributed by atoms with E-state index in [0.717, 1.165) is 38.1 Å². The van der Waals surface area contributed by atoms with E-state index in [-0.39, 0.29) is 24.0 Å². The Morgan fingerprint density at radius 3 is 2.61 bits per heavy atom. The van der Waals surface area contributed by atoms with Crippen LogP contribution >= 0.6 is 24.0 Å². The number of aliphatic imine (C=N–C) groups is 1. The van der Waals surface area contributed by atoms with Crippen molar-refractivity contribution in [2.45, 2.75) is 38.6 Å². The van der Waals surface area contributed by atoms with Crippen LogP contribution < -0.4 is 10.6 Å². The van der Waals surface area contributed by atoms with E-state index >= 15 is 0 Å². The van der Waals surface area contributed by atoms with Crippen molar-refractivity contribution in [1.82, 2.24) is 15.5 Å². The highest BCUT2D eigenvalue weighted by Crippen LogP contribution is 2.15. The van der Waals surface area contributed by atoms with Crippen LogP contribution in [-0.2, 0) is 6.42 Å². The molecule has 1 heterocycles. The van der Waals surface area contributed by atoms with Crippen LogP contribution in [0.2, 0.25) is 0 Å². The molecule has 0 radical (unpaired) electrons. The first kappa shape index (κ1) is 20.2. The van der Waals surface area contributed by atoms with Crippen LogP contribution in [0.5, 0.6) is 0 Å². The van der Waals surface area contributed by atoms with Gasteiger partial charge in [-0.3, -0.25) is 9.89 Å². The fourth-order valence-corrected chi connectivity index (χ4v) is 3.00. The van der Waals surface area contributed by atoms with Gasteiger partial charge in [-0.1, -0.05) is 36.8 Å². The Morgan fingerprint density at radius 2 is 1.91 bits per heavy atom. The molecule has 1 saturated heterocycles. The fourth-order valence-electron chi connectivity index (χ4n) is 3.00. The van der Waals surface area contributed by atoms with Gasteiger partial charge in [-0.25, -0.2) is 0 Å². The zero-order valence-electron chi connectivity index (χ0n) is 14.4. The predicted octanol–water partition coefficient (Wildman–Crippen LogP) is 2.89. The number of halogens is 1. The molecule has 0 aliphatic carbocycles. The van der Waals surface area contributed by atoms with E-state index in [1.165, 1.54) is 31.4 Å². The zero-order valence-corrected chi connectivity index (χ0v) is 16.8. The van der Waals surface area contributed by atoms with Gasteiger partial charge in [0.1, 0.15) is 0 Å². The van der Waals surface area contributed by atoms with Crippen molar-refractivity contribution in [3.63, 3.8) is 0 Å². The van der Waals surface area contributed by atoms with Gasteiger partial charge in [-0.05, 0) is 38.3 Å². The standard InChI is InChI=1S/C18H30N4.HI/c1-16-8-6-7-14-22(16)15-13-21-18(19-2)20-12-11-17-9-4-3-5-10-17;/h3-5,9-10,16H,6-8,11-15H2,1-2H3,(H2,19,20,21);1H. The highest BCUT2D eigenvalue weighted by Gasteiger charge is 2.17. The van der Waals surface area contributed by atoms with E-state index < -0.39 is 0 Å². The van der Waals surface area contributed by atoms with Crippen LogP contribution in [0.3, 0.4) is 0 Å². The fraction of sp³-hybridized carbons (Fsp3) is 0.611. The summed E-state index contributed by atoms with van der Waals surface area (Å²) in [5.41, 5.74) is 1.35. The highest BCUT2D eigenvalue weighted by molar-refractivity contribution is 14.0. The quantitative estimate of drug-likeness (QED) is 0.414. The molecule has 1 atom stereocenters. The van der Waals surface area contributed by atoms with Crippen molar-refractivity contribution in [2.24, 2.45) is 4.99 Å². The summed E-state index contributed by atoms with van der Waals surface area (Å²) in [5.74, 6) is 0.903. The monoisotopic (exact) mass is 430 g/mol. The Labute approximate surface area is 158 Å². The van der Waals surface area contributed by atoms with E-state index in [4.69, 9.17) is 0 Å². The van der Waals surface area contributed by atoms with Crippen molar-refractivity contribution >= 4 is 29.9 Å². The topological polar surface area (TPSA) is 39.7 Å².